The molecule has 1 aliphatic carbocycles. The second-order valence-electron chi connectivity index (χ2n) is 7.51. The molecule has 0 amide bonds. The number of nitrogens with one attached hydrogen (secondary N) is 1. The van der Waals surface area contributed by atoms with Crippen LogP contribution in [0.1, 0.15) is 25.7 Å². The Kier molecular flexibility index (Phi) is 2.91. The third-order valence-corrected chi connectivity index (χ3v) is 6.35. The van der Waals surface area contributed by atoms with E-state index >= 15 is 0 Å². The summed E-state index contributed by atoms with van der Waals surface area (Å²) in [6.07, 6.45) is 12.1. The Balaban J connectivity index is 1.49. The molecule has 6 aliphatic rings. The van der Waals surface area contributed by atoms with Gasteiger partial charge < -0.3 is 4.90 Å². The van der Waals surface area contributed by atoms with Crippen LogP contribution in [-0.2, 0) is 4.79 Å². The zero-order valence-corrected chi connectivity index (χ0v) is 13.3. The molecule has 3 saturated heterocycles. The first kappa shape index (κ1) is 13.7. The lowest BCUT2D eigenvalue weighted by atomic mass is 9.64. The van der Waals surface area contributed by atoms with Crippen molar-refractivity contribution in [2.75, 3.05) is 26.2 Å². The molecule has 0 radical (unpaired) electrons. The number of carbonyl (C=O) groups excluding carboxylic acids is 1. The molecule has 2 bridgehead atoms. The Bertz CT molecular complexity index is 665. The fraction of sp³-hybridized carbons (Fsp3) is 0.556. The first-order valence-electron chi connectivity index (χ1n) is 8.68. The van der Waals surface area contributed by atoms with Gasteiger partial charge in [0.05, 0.1) is 5.70 Å². The van der Waals surface area contributed by atoms with Crippen LogP contribution in [0.3, 0.4) is 0 Å². The molecule has 5 nitrogen and oxygen atoms in total. The van der Waals surface area contributed by atoms with E-state index < -0.39 is 0 Å². The average molecular weight is 310 g/mol. The van der Waals surface area contributed by atoms with Crippen molar-refractivity contribution in [3.63, 3.8) is 0 Å². The van der Waals surface area contributed by atoms with Crippen molar-refractivity contribution < 1.29 is 4.79 Å². The summed E-state index contributed by atoms with van der Waals surface area (Å²) in [5.74, 6) is 0.328. The van der Waals surface area contributed by atoms with Gasteiger partial charge in [-0.25, -0.2) is 5.43 Å². The van der Waals surface area contributed by atoms with Gasteiger partial charge in [0.15, 0.2) is 5.78 Å². The Morgan fingerprint density at radius 1 is 1.26 bits per heavy atom. The number of ketones is 1. The molecule has 6 rings (SSSR count). The smallest absolute Gasteiger partial charge is 0.163 e. The fourth-order valence-corrected chi connectivity index (χ4v) is 4.91. The minimum Gasteiger partial charge on any atom is -0.303 e. The van der Waals surface area contributed by atoms with E-state index in [1.807, 2.05) is 23.5 Å². The molecule has 120 valence electrons. The van der Waals surface area contributed by atoms with Gasteiger partial charge in [-0.1, -0.05) is 0 Å². The van der Waals surface area contributed by atoms with E-state index in [4.69, 9.17) is 0 Å². The van der Waals surface area contributed by atoms with Gasteiger partial charge in [-0.05, 0) is 62.4 Å². The third-order valence-electron chi connectivity index (χ3n) is 6.35. The van der Waals surface area contributed by atoms with E-state index in [1.54, 1.807) is 6.20 Å². The summed E-state index contributed by atoms with van der Waals surface area (Å²) in [6, 6.07) is 0. The lowest BCUT2D eigenvalue weighted by Crippen LogP contribution is -2.49. The van der Waals surface area contributed by atoms with E-state index in [-0.39, 0.29) is 11.7 Å². The van der Waals surface area contributed by atoms with Gasteiger partial charge in [-0.15, -0.1) is 0 Å². The minimum atomic E-state index is 0.0517. The molecule has 0 aromatic carbocycles. The van der Waals surface area contributed by atoms with Crippen molar-refractivity contribution >= 4 is 12.0 Å². The fourth-order valence-electron chi connectivity index (χ4n) is 4.91. The number of hydrazine groups is 1. The summed E-state index contributed by atoms with van der Waals surface area (Å²) in [5.41, 5.74) is 7.16. The van der Waals surface area contributed by atoms with Crippen molar-refractivity contribution in [3.05, 3.63) is 35.3 Å². The molecule has 3 fully saturated rings. The zero-order valence-electron chi connectivity index (χ0n) is 13.3. The summed E-state index contributed by atoms with van der Waals surface area (Å²) >= 11 is 0. The van der Waals surface area contributed by atoms with Crippen LogP contribution < -0.4 is 5.43 Å². The van der Waals surface area contributed by atoms with E-state index in [0.29, 0.717) is 5.41 Å². The predicted octanol–water partition coefficient (Wildman–Crippen LogP) is 1.62. The molecule has 0 aromatic rings. The first-order valence-corrected chi connectivity index (χ1v) is 8.68. The first-order chi connectivity index (χ1) is 11.2. The molecular formula is C18H22N4O. The van der Waals surface area contributed by atoms with Gasteiger partial charge in [0.25, 0.3) is 0 Å². The SMILES string of the molecule is O=C1C=C2C=NC=CN3NCC(=C23)C1CC12CCN(CC1)CC2. The lowest BCUT2D eigenvalue weighted by molar-refractivity contribution is -0.119. The summed E-state index contributed by atoms with van der Waals surface area (Å²) in [7, 11) is 0. The molecule has 1 N–H and O–H groups in total. The summed E-state index contributed by atoms with van der Waals surface area (Å²) in [4.78, 5) is 19.6. The number of piperidine rings is 3. The molecule has 0 aromatic heterocycles. The second kappa shape index (κ2) is 4.89. The Labute approximate surface area is 136 Å². The number of allylic oxidation sites excluding steroid dienone is 2. The molecular weight excluding hydrogens is 288 g/mol. The number of hydrogen-bond donors (Lipinski definition) is 1. The van der Waals surface area contributed by atoms with Crippen molar-refractivity contribution in [2.45, 2.75) is 25.7 Å². The Morgan fingerprint density at radius 3 is 2.83 bits per heavy atom. The highest BCUT2D eigenvalue weighted by atomic mass is 16.1. The second-order valence-corrected chi connectivity index (χ2v) is 7.51. The largest absolute Gasteiger partial charge is 0.303 e. The van der Waals surface area contributed by atoms with Crippen LogP contribution in [0, 0.1) is 11.3 Å². The molecule has 5 aliphatic heterocycles. The van der Waals surface area contributed by atoms with Gasteiger partial charge >= 0.3 is 0 Å². The molecule has 0 spiro atoms. The molecule has 5 heteroatoms. The van der Waals surface area contributed by atoms with Crippen LogP contribution >= 0.6 is 0 Å². The normalized spacial score (nSPS) is 38.0. The molecule has 5 heterocycles. The number of rotatable bonds is 2. The van der Waals surface area contributed by atoms with Crippen LogP contribution in [0.4, 0.5) is 0 Å². The van der Waals surface area contributed by atoms with Gasteiger partial charge in [-0.2, -0.15) is 0 Å². The van der Waals surface area contributed by atoms with Gasteiger partial charge in [-0.3, -0.25) is 14.8 Å². The van der Waals surface area contributed by atoms with E-state index in [9.17, 15) is 4.79 Å². The van der Waals surface area contributed by atoms with E-state index in [0.717, 1.165) is 24.2 Å². The average Bonchev–Trinajstić information content (AvgIpc) is 2.90. The maximum absolute atomic E-state index is 12.8. The lowest BCUT2D eigenvalue weighted by Gasteiger charge is -2.50. The number of hydrogen-bond acceptors (Lipinski definition) is 5. The topological polar surface area (TPSA) is 47.9 Å². The highest BCUT2D eigenvalue weighted by Crippen LogP contribution is 2.48. The third kappa shape index (κ3) is 2.07. The van der Waals surface area contributed by atoms with Crippen molar-refractivity contribution in [1.29, 1.82) is 0 Å². The number of aliphatic imine (C=N–C) groups is 1. The summed E-state index contributed by atoms with van der Waals surface area (Å²) < 4.78 is 0. The van der Waals surface area contributed by atoms with Gasteiger partial charge in [0.1, 0.15) is 0 Å². The standard InChI is InChI=1S/C18H22N4O/c23-16-9-13-11-19-4-8-22-17(13)15(12-20-22)14(16)10-18-1-5-21(6-2-18)7-3-18/h4,8-9,11,14,20H,1-3,5-7,10,12H2. The summed E-state index contributed by atoms with van der Waals surface area (Å²) in [5, 5.41) is 2.04. The Hall–Kier alpha value is -1.72. The van der Waals surface area contributed by atoms with Crippen LogP contribution in [-0.4, -0.2) is 48.1 Å². The van der Waals surface area contributed by atoms with E-state index in [1.165, 1.54) is 44.5 Å². The molecule has 0 saturated carbocycles. The van der Waals surface area contributed by atoms with Gasteiger partial charge in [0, 0.05) is 36.7 Å². The van der Waals surface area contributed by atoms with Gasteiger partial charge in [0.2, 0.25) is 0 Å². The molecule has 1 unspecified atom stereocenters. The summed E-state index contributed by atoms with van der Waals surface area (Å²) in [6.45, 7) is 4.43. The quantitative estimate of drug-likeness (QED) is 0.842. The number of carbonyl (C=O) groups is 1. The van der Waals surface area contributed by atoms with Crippen LogP contribution in [0.15, 0.2) is 40.3 Å². The maximum Gasteiger partial charge on any atom is 0.163 e. The Morgan fingerprint density at radius 2 is 2.04 bits per heavy atom. The van der Waals surface area contributed by atoms with Crippen LogP contribution in [0.25, 0.3) is 0 Å². The highest BCUT2D eigenvalue weighted by molar-refractivity contribution is 6.04. The number of nitrogens with zero attached hydrogens (tertiary/aromatic N) is 3. The molecule has 23 heavy (non-hydrogen) atoms. The van der Waals surface area contributed by atoms with Crippen LogP contribution in [0.5, 0.6) is 0 Å². The minimum absolute atomic E-state index is 0.0517. The van der Waals surface area contributed by atoms with Crippen molar-refractivity contribution in [3.8, 4) is 0 Å². The van der Waals surface area contributed by atoms with Crippen LogP contribution in [0.2, 0.25) is 0 Å². The van der Waals surface area contributed by atoms with Crippen molar-refractivity contribution in [2.24, 2.45) is 16.3 Å². The number of fused-ring (bicyclic) bond motifs is 3. The van der Waals surface area contributed by atoms with E-state index in [2.05, 4.69) is 15.3 Å². The maximum atomic E-state index is 12.8. The van der Waals surface area contributed by atoms with Crippen molar-refractivity contribution in [1.82, 2.24) is 15.3 Å². The molecule has 1 atom stereocenters. The predicted molar refractivity (Wildman–Crippen MR) is 88.4 cm³/mol. The monoisotopic (exact) mass is 310 g/mol. The highest BCUT2D eigenvalue weighted by Gasteiger charge is 2.45. The zero-order chi connectivity index (χ0) is 15.4.